The predicted octanol–water partition coefficient (Wildman–Crippen LogP) is 1.02. The van der Waals surface area contributed by atoms with E-state index < -0.39 is 0 Å². The number of nitrogens with one attached hydrogen (secondary N) is 1. The first-order chi connectivity index (χ1) is 9.60. The number of aryl methyl sites for hydroxylation is 1. The minimum Gasteiger partial charge on any atom is -0.355 e. The van der Waals surface area contributed by atoms with Gasteiger partial charge in [-0.1, -0.05) is 24.8 Å². The molecular formula is C13H16N4O2S. The number of thioether (sulfide) groups is 1. The van der Waals surface area contributed by atoms with Crippen LogP contribution in [0.1, 0.15) is 18.9 Å². The maximum absolute atomic E-state index is 11.9. The molecule has 2 aromatic rings. The molecule has 0 aromatic carbocycles. The van der Waals surface area contributed by atoms with E-state index in [0.717, 1.165) is 23.7 Å². The van der Waals surface area contributed by atoms with E-state index in [1.165, 1.54) is 4.40 Å². The summed E-state index contributed by atoms with van der Waals surface area (Å²) in [6.07, 6.45) is 2.59. The number of pyridine rings is 1. The van der Waals surface area contributed by atoms with E-state index in [4.69, 9.17) is 0 Å². The van der Waals surface area contributed by atoms with Crippen molar-refractivity contribution in [2.75, 3.05) is 12.3 Å². The van der Waals surface area contributed by atoms with Crippen molar-refractivity contribution in [1.82, 2.24) is 19.7 Å². The van der Waals surface area contributed by atoms with E-state index in [0.29, 0.717) is 17.3 Å². The van der Waals surface area contributed by atoms with Crippen LogP contribution in [0.4, 0.5) is 0 Å². The lowest BCUT2D eigenvalue weighted by Gasteiger charge is -2.04. The molecule has 0 unspecified atom stereocenters. The highest BCUT2D eigenvalue weighted by molar-refractivity contribution is 7.99. The van der Waals surface area contributed by atoms with Crippen molar-refractivity contribution < 1.29 is 4.79 Å². The number of amides is 1. The summed E-state index contributed by atoms with van der Waals surface area (Å²) >= 11 is 1.16. The minimum atomic E-state index is -0.379. The number of rotatable bonds is 5. The minimum absolute atomic E-state index is 0.0791. The molecule has 0 aliphatic heterocycles. The SMILES string of the molecule is CCCNC(=O)CSc1nc(=O)n2cc(C)ccc2n1. The fraction of sp³-hybridized carbons (Fsp3) is 0.385. The molecule has 20 heavy (non-hydrogen) atoms. The summed E-state index contributed by atoms with van der Waals surface area (Å²) in [5.74, 6) is 0.131. The molecule has 0 saturated carbocycles. The van der Waals surface area contributed by atoms with Crippen LogP contribution in [0.15, 0.2) is 28.3 Å². The highest BCUT2D eigenvalue weighted by Gasteiger charge is 2.07. The van der Waals surface area contributed by atoms with Crippen molar-refractivity contribution in [3.05, 3.63) is 34.4 Å². The van der Waals surface area contributed by atoms with Crippen molar-refractivity contribution in [3.63, 3.8) is 0 Å². The number of hydrogen-bond donors (Lipinski definition) is 1. The predicted molar refractivity (Wildman–Crippen MR) is 78.0 cm³/mol. The molecule has 0 spiro atoms. The zero-order chi connectivity index (χ0) is 14.5. The van der Waals surface area contributed by atoms with E-state index in [9.17, 15) is 9.59 Å². The van der Waals surface area contributed by atoms with Crippen LogP contribution >= 0.6 is 11.8 Å². The van der Waals surface area contributed by atoms with Gasteiger partial charge in [-0.25, -0.2) is 9.78 Å². The van der Waals surface area contributed by atoms with Gasteiger partial charge in [0.05, 0.1) is 5.75 Å². The van der Waals surface area contributed by atoms with Crippen LogP contribution in [0.25, 0.3) is 5.65 Å². The second-order valence-corrected chi connectivity index (χ2v) is 5.30. The molecule has 2 aromatic heterocycles. The molecule has 6 nitrogen and oxygen atoms in total. The molecular weight excluding hydrogens is 276 g/mol. The molecule has 0 atom stereocenters. The Morgan fingerprint density at radius 3 is 2.95 bits per heavy atom. The van der Waals surface area contributed by atoms with Crippen molar-refractivity contribution in [2.24, 2.45) is 0 Å². The second kappa shape index (κ2) is 6.51. The lowest BCUT2D eigenvalue weighted by molar-refractivity contribution is -0.118. The van der Waals surface area contributed by atoms with Gasteiger partial charge in [-0.2, -0.15) is 4.98 Å². The lowest BCUT2D eigenvalue weighted by atomic mass is 10.3. The van der Waals surface area contributed by atoms with Gasteiger partial charge >= 0.3 is 5.69 Å². The lowest BCUT2D eigenvalue weighted by Crippen LogP contribution is -2.26. The third-order valence-corrected chi connectivity index (χ3v) is 3.43. The number of carbonyl (C=O) groups is 1. The molecule has 0 saturated heterocycles. The highest BCUT2D eigenvalue weighted by atomic mass is 32.2. The van der Waals surface area contributed by atoms with Gasteiger partial charge in [-0.3, -0.25) is 9.20 Å². The average molecular weight is 292 g/mol. The van der Waals surface area contributed by atoms with Crippen LogP contribution in [-0.2, 0) is 4.79 Å². The van der Waals surface area contributed by atoms with Gasteiger partial charge in [0, 0.05) is 12.7 Å². The monoisotopic (exact) mass is 292 g/mol. The second-order valence-electron chi connectivity index (χ2n) is 4.36. The zero-order valence-electron chi connectivity index (χ0n) is 11.4. The number of hydrogen-bond acceptors (Lipinski definition) is 5. The molecule has 0 fully saturated rings. The van der Waals surface area contributed by atoms with E-state index >= 15 is 0 Å². The van der Waals surface area contributed by atoms with E-state index in [1.54, 1.807) is 12.3 Å². The Morgan fingerprint density at radius 1 is 1.40 bits per heavy atom. The first-order valence-corrected chi connectivity index (χ1v) is 7.35. The number of carbonyl (C=O) groups excluding carboxylic acids is 1. The van der Waals surface area contributed by atoms with Gasteiger partial charge in [0.25, 0.3) is 0 Å². The Morgan fingerprint density at radius 2 is 2.20 bits per heavy atom. The first-order valence-electron chi connectivity index (χ1n) is 6.36. The van der Waals surface area contributed by atoms with Gasteiger partial charge in [0.15, 0.2) is 5.16 Å². The smallest absolute Gasteiger partial charge is 0.355 e. The number of nitrogens with zero attached hydrogens (tertiary/aromatic N) is 3. The van der Waals surface area contributed by atoms with Gasteiger partial charge in [0.2, 0.25) is 5.91 Å². The molecule has 1 N–H and O–H groups in total. The van der Waals surface area contributed by atoms with Crippen molar-refractivity contribution in [3.8, 4) is 0 Å². The third kappa shape index (κ3) is 3.57. The summed E-state index contributed by atoms with van der Waals surface area (Å²) in [4.78, 5) is 31.5. The normalized spacial score (nSPS) is 10.7. The molecule has 0 radical (unpaired) electrons. The van der Waals surface area contributed by atoms with Crippen molar-refractivity contribution >= 4 is 23.3 Å². The van der Waals surface area contributed by atoms with Crippen LogP contribution in [0.5, 0.6) is 0 Å². The van der Waals surface area contributed by atoms with Crippen molar-refractivity contribution in [2.45, 2.75) is 25.4 Å². The van der Waals surface area contributed by atoms with Crippen LogP contribution in [0, 0.1) is 6.92 Å². The topological polar surface area (TPSA) is 76.4 Å². The molecule has 0 aliphatic rings. The molecule has 1 amide bonds. The number of aromatic nitrogens is 3. The fourth-order valence-corrected chi connectivity index (χ4v) is 2.28. The van der Waals surface area contributed by atoms with Gasteiger partial charge < -0.3 is 5.32 Å². The quantitative estimate of drug-likeness (QED) is 0.833. The van der Waals surface area contributed by atoms with E-state index in [2.05, 4.69) is 15.3 Å². The standard InChI is InChI=1S/C13H16N4O2S/c1-3-6-14-11(18)8-20-12-15-10-5-4-9(2)7-17(10)13(19)16-12/h4-5,7H,3,6,8H2,1-2H3,(H,14,18). The van der Waals surface area contributed by atoms with E-state index in [1.807, 2.05) is 19.9 Å². The summed E-state index contributed by atoms with van der Waals surface area (Å²) < 4.78 is 1.40. The largest absolute Gasteiger partial charge is 0.355 e. The Bertz CT molecular complexity index is 684. The number of fused-ring (bicyclic) bond motifs is 1. The fourth-order valence-electron chi connectivity index (χ4n) is 1.61. The molecule has 2 heterocycles. The zero-order valence-corrected chi connectivity index (χ0v) is 12.2. The Labute approximate surface area is 120 Å². The van der Waals surface area contributed by atoms with Crippen LogP contribution in [0.3, 0.4) is 0 Å². The Kier molecular flexibility index (Phi) is 4.73. The Hall–Kier alpha value is -1.89. The summed E-state index contributed by atoms with van der Waals surface area (Å²) in [7, 11) is 0. The maximum Gasteiger partial charge on any atom is 0.355 e. The maximum atomic E-state index is 11.9. The molecule has 2 rings (SSSR count). The average Bonchev–Trinajstić information content (AvgIpc) is 2.43. The van der Waals surface area contributed by atoms with Gasteiger partial charge in [0.1, 0.15) is 5.65 Å². The van der Waals surface area contributed by atoms with Crippen LogP contribution in [0.2, 0.25) is 0 Å². The van der Waals surface area contributed by atoms with Crippen LogP contribution in [-0.4, -0.2) is 32.6 Å². The summed E-state index contributed by atoms with van der Waals surface area (Å²) in [5.41, 5.74) is 1.12. The first kappa shape index (κ1) is 14.5. The summed E-state index contributed by atoms with van der Waals surface area (Å²) in [5, 5.41) is 3.09. The summed E-state index contributed by atoms with van der Waals surface area (Å²) in [6, 6.07) is 3.64. The third-order valence-electron chi connectivity index (χ3n) is 2.59. The molecule has 7 heteroatoms. The van der Waals surface area contributed by atoms with Crippen molar-refractivity contribution in [1.29, 1.82) is 0 Å². The molecule has 0 bridgehead atoms. The molecule has 0 aliphatic carbocycles. The highest BCUT2D eigenvalue weighted by Crippen LogP contribution is 2.11. The van der Waals surface area contributed by atoms with Crippen LogP contribution < -0.4 is 11.0 Å². The van der Waals surface area contributed by atoms with Gasteiger partial charge in [-0.05, 0) is 25.0 Å². The van der Waals surface area contributed by atoms with E-state index in [-0.39, 0.29) is 17.3 Å². The van der Waals surface area contributed by atoms with Gasteiger partial charge in [-0.15, -0.1) is 0 Å². The summed E-state index contributed by atoms with van der Waals surface area (Å²) in [6.45, 7) is 4.54. The molecule has 106 valence electrons. The Balaban J connectivity index is 2.14.